The molecule has 2 aromatic carbocycles. The van der Waals surface area contributed by atoms with E-state index in [0.717, 1.165) is 22.3 Å². The summed E-state index contributed by atoms with van der Waals surface area (Å²) in [5.74, 6) is 2.13. The van der Waals surface area contributed by atoms with E-state index in [1.54, 1.807) is 41.9 Å². The second kappa shape index (κ2) is 9.62. The maximum Gasteiger partial charge on any atom is 0.284 e. The van der Waals surface area contributed by atoms with E-state index in [9.17, 15) is 4.79 Å². The Morgan fingerprint density at radius 1 is 1.16 bits per heavy atom. The van der Waals surface area contributed by atoms with Crippen LogP contribution in [0.1, 0.15) is 35.3 Å². The number of carbonyl (C=O) groups excluding carboxylic acids is 1. The Bertz CT molecular complexity index is 1240. The zero-order valence-electron chi connectivity index (χ0n) is 17.9. The van der Waals surface area contributed by atoms with Crippen molar-refractivity contribution in [3.8, 4) is 17.2 Å². The summed E-state index contributed by atoms with van der Waals surface area (Å²) in [7, 11) is 0. The number of carbonyl (C=O) groups is 1. The van der Waals surface area contributed by atoms with Crippen LogP contribution in [0.25, 0.3) is 10.9 Å². The van der Waals surface area contributed by atoms with Gasteiger partial charge in [-0.1, -0.05) is 26.5 Å². The summed E-state index contributed by atoms with van der Waals surface area (Å²) in [6.45, 7) is 8.35. The molecule has 0 aliphatic carbocycles. The van der Waals surface area contributed by atoms with Crippen LogP contribution in [-0.2, 0) is 0 Å². The maximum atomic E-state index is 12.1. The van der Waals surface area contributed by atoms with Crippen molar-refractivity contribution >= 4 is 33.8 Å². The highest BCUT2D eigenvalue weighted by Crippen LogP contribution is 2.33. The van der Waals surface area contributed by atoms with Crippen molar-refractivity contribution in [3.05, 3.63) is 83.5 Å². The zero-order valence-corrected chi connectivity index (χ0v) is 18.7. The van der Waals surface area contributed by atoms with Crippen LogP contribution < -0.4 is 14.8 Å². The predicted molar refractivity (Wildman–Crippen MR) is 128 cm³/mol. The van der Waals surface area contributed by atoms with Gasteiger partial charge in [-0.3, -0.25) is 9.78 Å². The lowest BCUT2D eigenvalue weighted by molar-refractivity contribution is 0.102. The number of amides is 1. The number of anilines is 1. The van der Waals surface area contributed by atoms with Gasteiger partial charge in [0, 0.05) is 34.4 Å². The average molecular weight is 446 g/mol. The van der Waals surface area contributed by atoms with Crippen molar-refractivity contribution in [1.82, 2.24) is 9.97 Å². The summed E-state index contributed by atoms with van der Waals surface area (Å²) in [6, 6.07) is 14.9. The molecule has 4 rings (SSSR count). The van der Waals surface area contributed by atoms with E-state index in [1.165, 1.54) is 11.3 Å². The first kappa shape index (κ1) is 21.5. The van der Waals surface area contributed by atoms with Crippen LogP contribution in [0.5, 0.6) is 17.2 Å². The molecule has 1 N–H and O–H groups in total. The molecule has 0 saturated carbocycles. The summed E-state index contributed by atoms with van der Waals surface area (Å²) >= 11 is 1.30. The molecule has 0 saturated heterocycles. The van der Waals surface area contributed by atoms with Crippen LogP contribution in [0.3, 0.4) is 0 Å². The lowest BCUT2D eigenvalue weighted by atomic mass is 10.1. The van der Waals surface area contributed by atoms with Crippen LogP contribution in [-0.4, -0.2) is 22.5 Å². The van der Waals surface area contributed by atoms with Gasteiger partial charge in [0.15, 0.2) is 5.01 Å². The minimum Gasteiger partial charge on any atom is -0.489 e. The van der Waals surface area contributed by atoms with Crippen LogP contribution in [0.4, 0.5) is 5.69 Å². The second-order valence-electron chi connectivity index (χ2n) is 7.40. The van der Waals surface area contributed by atoms with Gasteiger partial charge < -0.3 is 14.8 Å². The third kappa shape index (κ3) is 4.95. The molecule has 0 atom stereocenters. The Kier molecular flexibility index (Phi) is 6.47. The summed E-state index contributed by atoms with van der Waals surface area (Å²) in [5.41, 5.74) is 2.49. The van der Waals surface area contributed by atoms with Gasteiger partial charge in [-0.05, 0) is 48.4 Å². The molecule has 0 bridgehead atoms. The minimum atomic E-state index is -0.233. The number of nitrogens with zero attached hydrogens (tertiary/aromatic N) is 2. The standard InChI is InChI=1S/C25H23N3O3S/c1-4-12-30-23-15-22(16(2)3)28-21-10-9-19(14-20(21)23)31-18-7-5-17(6-8-18)27-24(29)25-26-11-13-32-25/h4-11,13-16H,1,12H2,2-3H3,(H,27,29). The number of fused-ring (bicyclic) bond motifs is 1. The van der Waals surface area contributed by atoms with Gasteiger partial charge in [0.05, 0.1) is 5.52 Å². The van der Waals surface area contributed by atoms with Crippen molar-refractivity contribution in [2.24, 2.45) is 0 Å². The van der Waals surface area contributed by atoms with E-state index in [0.29, 0.717) is 28.8 Å². The van der Waals surface area contributed by atoms with Crippen molar-refractivity contribution < 1.29 is 14.3 Å². The predicted octanol–water partition coefficient (Wildman–Crippen LogP) is 6.42. The summed E-state index contributed by atoms with van der Waals surface area (Å²) < 4.78 is 11.9. The first-order chi connectivity index (χ1) is 15.5. The minimum absolute atomic E-state index is 0.233. The van der Waals surface area contributed by atoms with Crippen molar-refractivity contribution in [2.75, 3.05) is 11.9 Å². The Morgan fingerprint density at radius 3 is 2.62 bits per heavy atom. The molecule has 2 heterocycles. The van der Waals surface area contributed by atoms with Crippen LogP contribution in [0.15, 0.2) is 72.8 Å². The average Bonchev–Trinajstić information content (AvgIpc) is 3.34. The monoisotopic (exact) mass is 445 g/mol. The number of aromatic nitrogens is 2. The highest BCUT2D eigenvalue weighted by atomic mass is 32.1. The van der Waals surface area contributed by atoms with E-state index in [4.69, 9.17) is 14.5 Å². The molecular formula is C25H23N3O3S. The van der Waals surface area contributed by atoms with Crippen LogP contribution in [0.2, 0.25) is 0 Å². The molecular weight excluding hydrogens is 422 g/mol. The smallest absolute Gasteiger partial charge is 0.284 e. The number of hydrogen-bond acceptors (Lipinski definition) is 6. The topological polar surface area (TPSA) is 73.3 Å². The highest BCUT2D eigenvalue weighted by molar-refractivity contribution is 7.11. The van der Waals surface area contributed by atoms with Gasteiger partial charge in [0.1, 0.15) is 23.9 Å². The number of rotatable bonds is 8. The number of hydrogen-bond donors (Lipinski definition) is 1. The highest BCUT2D eigenvalue weighted by Gasteiger charge is 2.12. The summed E-state index contributed by atoms with van der Waals surface area (Å²) in [5, 5.41) is 5.89. The number of ether oxygens (including phenoxy) is 2. The van der Waals surface area contributed by atoms with Crippen molar-refractivity contribution in [3.63, 3.8) is 0 Å². The Balaban J connectivity index is 1.54. The van der Waals surface area contributed by atoms with Gasteiger partial charge in [-0.25, -0.2) is 4.98 Å². The normalized spacial score (nSPS) is 10.8. The zero-order chi connectivity index (χ0) is 22.5. The van der Waals surface area contributed by atoms with Gasteiger partial charge in [0.2, 0.25) is 0 Å². The summed E-state index contributed by atoms with van der Waals surface area (Å²) in [6.07, 6.45) is 3.32. The molecule has 0 aliphatic heterocycles. The third-order valence-corrected chi connectivity index (χ3v) is 5.46. The first-order valence-corrected chi connectivity index (χ1v) is 11.1. The van der Waals surface area contributed by atoms with E-state index >= 15 is 0 Å². The van der Waals surface area contributed by atoms with E-state index < -0.39 is 0 Å². The summed E-state index contributed by atoms with van der Waals surface area (Å²) in [4.78, 5) is 20.9. The van der Waals surface area contributed by atoms with Crippen molar-refractivity contribution in [2.45, 2.75) is 19.8 Å². The Hall–Kier alpha value is -3.71. The molecule has 7 heteroatoms. The molecule has 0 aliphatic rings. The van der Waals surface area contributed by atoms with E-state index in [1.807, 2.05) is 24.3 Å². The first-order valence-electron chi connectivity index (χ1n) is 10.2. The lowest BCUT2D eigenvalue weighted by Crippen LogP contribution is -2.11. The van der Waals surface area contributed by atoms with Gasteiger partial charge in [-0.15, -0.1) is 11.3 Å². The van der Waals surface area contributed by atoms with E-state index in [-0.39, 0.29) is 11.8 Å². The number of benzene rings is 2. The number of nitrogens with one attached hydrogen (secondary N) is 1. The molecule has 162 valence electrons. The van der Waals surface area contributed by atoms with E-state index in [2.05, 4.69) is 30.7 Å². The fraction of sp³-hybridized carbons (Fsp3) is 0.160. The molecule has 4 aromatic rings. The van der Waals surface area contributed by atoms with Crippen LogP contribution in [0, 0.1) is 0 Å². The molecule has 6 nitrogen and oxygen atoms in total. The molecule has 1 amide bonds. The molecule has 0 fully saturated rings. The fourth-order valence-electron chi connectivity index (χ4n) is 3.08. The van der Waals surface area contributed by atoms with Crippen LogP contribution >= 0.6 is 11.3 Å². The Labute approximate surface area is 190 Å². The molecule has 32 heavy (non-hydrogen) atoms. The Morgan fingerprint density at radius 2 is 1.94 bits per heavy atom. The molecule has 0 unspecified atom stereocenters. The number of thiazole rings is 1. The van der Waals surface area contributed by atoms with Gasteiger partial charge in [0.25, 0.3) is 5.91 Å². The van der Waals surface area contributed by atoms with Crippen molar-refractivity contribution in [1.29, 1.82) is 0 Å². The molecule has 0 spiro atoms. The lowest BCUT2D eigenvalue weighted by Gasteiger charge is -2.13. The number of pyridine rings is 1. The fourth-order valence-corrected chi connectivity index (χ4v) is 3.61. The van der Waals surface area contributed by atoms with Gasteiger partial charge in [-0.2, -0.15) is 0 Å². The quantitative estimate of drug-likeness (QED) is 0.317. The molecule has 0 radical (unpaired) electrons. The van der Waals surface area contributed by atoms with Gasteiger partial charge >= 0.3 is 0 Å². The second-order valence-corrected chi connectivity index (χ2v) is 8.29. The third-order valence-electron chi connectivity index (χ3n) is 4.68. The molecule has 2 aromatic heterocycles. The largest absolute Gasteiger partial charge is 0.489 e. The maximum absolute atomic E-state index is 12.1. The SMILES string of the molecule is C=CCOc1cc(C(C)C)nc2ccc(Oc3ccc(NC(=O)c4nccs4)cc3)cc12.